The Bertz CT molecular complexity index is 663. The zero-order valence-electron chi connectivity index (χ0n) is 12.9. The molecule has 1 amide bonds. The molecule has 2 aromatic rings. The maximum absolute atomic E-state index is 12.5. The summed E-state index contributed by atoms with van der Waals surface area (Å²) in [5, 5.41) is 2.09. The Labute approximate surface area is 131 Å². The van der Waals surface area contributed by atoms with Gasteiger partial charge in [0.1, 0.15) is 5.75 Å². The van der Waals surface area contributed by atoms with Gasteiger partial charge in [-0.2, -0.15) is 0 Å². The van der Waals surface area contributed by atoms with Crippen molar-refractivity contribution in [3.05, 3.63) is 67.8 Å². The molecule has 0 spiro atoms. The molecule has 3 nitrogen and oxygen atoms in total. The first-order chi connectivity index (χ1) is 10.7. The van der Waals surface area contributed by atoms with Crippen molar-refractivity contribution in [1.82, 2.24) is 4.90 Å². The first kappa shape index (κ1) is 15.8. The highest BCUT2D eigenvalue weighted by molar-refractivity contribution is 5.89. The largest absolute Gasteiger partial charge is 0.480 e. The fraction of sp³-hybridized carbons (Fsp3) is 0.211. The minimum atomic E-state index is -0.564. The summed E-state index contributed by atoms with van der Waals surface area (Å²) in [6.07, 6.45) is 2.84. The molecule has 0 saturated carbocycles. The molecular formula is C19H21NO2. The van der Waals surface area contributed by atoms with E-state index in [0.717, 1.165) is 16.5 Å². The van der Waals surface area contributed by atoms with Crippen molar-refractivity contribution in [2.75, 3.05) is 13.1 Å². The lowest BCUT2D eigenvalue weighted by atomic mass is 10.1. The Hall–Kier alpha value is -2.55. The minimum absolute atomic E-state index is 0.0762. The van der Waals surface area contributed by atoms with E-state index in [1.807, 2.05) is 42.5 Å². The van der Waals surface area contributed by atoms with E-state index in [4.69, 9.17) is 4.74 Å². The SMILES string of the molecule is C=CCN(CC=C)C(=O)C(C)Oc1cccc2ccccc12. The van der Waals surface area contributed by atoms with E-state index in [2.05, 4.69) is 13.2 Å². The number of rotatable bonds is 7. The number of benzene rings is 2. The van der Waals surface area contributed by atoms with E-state index < -0.39 is 6.10 Å². The molecule has 0 N–H and O–H groups in total. The van der Waals surface area contributed by atoms with Crippen molar-refractivity contribution in [3.8, 4) is 5.75 Å². The maximum Gasteiger partial charge on any atom is 0.263 e. The predicted octanol–water partition coefficient (Wildman–Crippen LogP) is 3.81. The Morgan fingerprint density at radius 3 is 2.45 bits per heavy atom. The summed E-state index contributed by atoms with van der Waals surface area (Å²) >= 11 is 0. The Morgan fingerprint density at radius 2 is 1.77 bits per heavy atom. The fourth-order valence-corrected chi connectivity index (χ4v) is 2.36. The normalized spacial score (nSPS) is 11.7. The van der Waals surface area contributed by atoms with Gasteiger partial charge in [-0.05, 0) is 18.4 Å². The van der Waals surface area contributed by atoms with Crippen LogP contribution in [0.4, 0.5) is 0 Å². The van der Waals surface area contributed by atoms with Crippen LogP contribution in [0.3, 0.4) is 0 Å². The van der Waals surface area contributed by atoms with Crippen LogP contribution in [0, 0.1) is 0 Å². The van der Waals surface area contributed by atoms with Gasteiger partial charge in [0.2, 0.25) is 0 Å². The standard InChI is InChI=1S/C19H21NO2/c1-4-13-20(14-5-2)19(21)15(3)22-18-12-8-10-16-9-6-7-11-17(16)18/h4-12,15H,1-2,13-14H2,3H3. The summed E-state index contributed by atoms with van der Waals surface area (Å²) in [6.45, 7) is 10.1. The highest BCUT2D eigenvalue weighted by Crippen LogP contribution is 2.26. The monoisotopic (exact) mass is 295 g/mol. The van der Waals surface area contributed by atoms with Crippen LogP contribution in [0.25, 0.3) is 10.8 Å². The molecule has 2 rings (SSSR count). The highest BCUT2D eigenvalue weighted by Gasteiger charge is 2.21. The Kier molecular flexibility index (Phi) is 5.37. The molecule has 1 atom stereocenters. The summed E-state index contributed by atoms with van der Waals surface area (Å²) < 4.78 is 5.90. The third kappa shape index (κ3) is 3.55. The molecule has 0 saturated heterocycles. The summed E-state index contributed by atoms with van der Waals surface area (Å²) in [5.41, 5.74) is 0. The van der Waals surface area contributed by atoms with Gasteiger partial charge in [0.25, 0.3) is 5.91 Å². The van der Waals surface area contributed by atoms with Crippen molar-refractivity contribution in [3.63, 3.8) is 0 Å². The second-order valence-corrected chi connectivity index (χ2v) is 5.06. The van der Waals surface area contributed by atoms with Gasteiger partial charge in [-0.1, -0.05) is 48.6 Å². The molecule has 22 heavy (non-hydrogen) atoms. The zero-order chi connectivity index (χ0) is 15.9. The molecule has 0 aromatic heterocycles. The van der Waals surface area contributed by atoms with Gasteiger partial charge >= 0.3 is 0 Å². The van der Waals surface area contributed by atoms with E-state index in [0.29, 0.717) is 13.1 Å². The smallest absolute Gasteiger partial charge is 0.263 e. The molecule has 0 heterocycles. The van der Waals surface area contributed by atoms with Crippen LogP contribution in [0.2, 0.25) is 0 Å². The second kappa shape index (κ2) is 7.46. The van der Waals surface area contributed by atoms with Crippen molar-refractivity contribution in [1.29, 1.82) is 0 Å². The van der Waals surface area contributed by atoms with Crippen molar-refractivity contribution in [2.45, 2.75) is 13.0 Å². The quantitative estimate of drug-likeness (QED) is 0.727. The van der Waals surface area contributed by atoms with Gasteiger partial charge in [0.05, 0.1) is 0 Å². The van der Waals surface area contributed by atoms with Gasteiger partial charge in [-0.25, -0.2) is 0 Å². The Morgan fingerprint density at radius 1 is 1.14 bits per heavy atom. The van der Waals surface area contributed by atoms with Crippen molar-refractivity contribution < 1.29 is 9.53 Å². The van der Waals surface area contributed by atoms with Crippen molar-refractivity contribution >= 4 is 16.7 Å². The molecule has 1 unspecified atom stereocenters. The highest BCUT2D eigenvalue weighted by atomic mass is 16.5. The van der Waals surface area contributed by atoms with Gasteiger partial charge in [0, 0.05) is 18.5 Å². The average Bonchev–Trinajstić information content (AvgIpc) is 2.54. The van der Waals surface area contributed by atoms with E-state index in [1.54, 1.807) is 24.0 Å². The van der Waals surface area contributed by atoms with Gasteiger partial charge in [-0.15, -0.1) is 13.2 Å². The van der Waals surface area contributed by atoms with E-state index >= 15 is 0 Å². The summed E-state index contributed by atoms with van der Waals surface area (Å²) in [7, 11) is 0. The van der Waals surface area contributed by atoms with Gasteiger partial charge in [-0.3, -0.25) is 4.79 Å². The molecule has 114 valence electrons. The fourth-order valence-electron chi connectivity index (χ4n) is 2.36. The molecule has 0 aliphatic rings. The van der Waals surface area contributed by atoms with Gasteiger partial charge < -0.3 is 9.64 Å². The average molecular weight is 295 g/mol. The molecule has 0 aliphatic carbocycles. The molecule has 0 bridgehead atoms. The minimum Gasteiger partial charge on any atom is -0.480 e. The lowest BCUT2D eigenvalue weighted by molar-refractivity contribution is -0.136. The van der Waals surface area contributed by atoms with E-state index in [1.165, 1.54) is 0 Å². The third-order valence-corrected chi connectivity index (χ3v) is 3.41. The maximum atomic E-state index is 12.5. The number of nitrogens with zero attached hydrogens (tertiary/aromatic N) is 1. The molecule has 0 aliphatic heterocycles. The Balaban J connectivity index is 2.19. The number of hydrogen-bond donors (Lipinski definition) is 0. The predicted molar refractivity (Wildman–Crippen MR) is 91.0 cm³/mol. The number of ether oxygens (including phenoxy) is 1. The summed E-state index contributed by atoms with van der Waals surface area (Å²) in [4.78, 5) is 14.1. The molecule has 2 aromatic carbocycles. The van der Waals surface area contributed by atoms with Crippen LogP contribution >= 0.6 is 0 Å². The zero-order valence-corrected chi connectivity index (χ0v) is 12.9. The number of carbonyl (C=O) groups excluding carboxylic acids is 1. The first-order valence-corrected chi connectivity index (χ1v) is 7.32. The molecule has 3 heteroatoms. The molecule has 0 radical (unpaired) electrons. The number of fused-ring (bicyclic) bond motifs is 1. The molecular weight excluding hydrogens is 274 g/mol. The van der Waals surface area contributed by atoms with Crippen LogP contribution in [0.1, 0.15) is 6.92 Å². The number of amides is 1. The van der Waals surface area contributed by atoms with Crippen LogP contribution in [0.5, 0.6) is 5.75 Å². The van der Waals surface area contributed by atoms with Crippen LogP contribution in [0.15, 0.2) is 67.8 Å². The topological polar surface area (TPSA) is 29.5 Å². The summed E-state index contributed by atoms with van der Waals surface area (Å²) in [6, 6.07) is 13.8. The van der Waals surface area contributed by atoms with Gasteiger partial charge in [0.15, 0.2) is 6.10 Å². The third-order valence-electron chi connectivity index (χ3n) is 3.41. The van der Waals surface area contributed by atoms with Crippen LogP contribution < -0.4 is 4.74 Å². The summed E-state index contributed by atoms with van der Waals surface area (Å²) in [5.74, 6) is 0.642. The number of hydrogen-bond acceptors (Lipinski definition) is 2. The number of carbonyl (C=O) groups is 1. The van der Waals surface area contributed by atoms with E-state index in [-0.39, 0.29) is 5.91 Å². The second-order valence-electron chi connectivity index (χ2n) is 5.06. The van der Waals surface area contributed by atoms with Crippen LogP contribution in [-0.2, 0) is 4.79 Å². The van der Waals surface area contributed by atoms with Crippen LogP contribution in [-0.4, -0.2) is 30.0 Å². The lowest BCUT2D eigenvalue weighted by Crippen LogP contribution is -2.40. The molecule has 0 fully saturated rings. The van der Waals surface area contributed by atoms with Crippen molar-refractivity contribution in [2.24, 2.45) is 0 Å². The van der Waals surface area contributed by atoms with E-state index in [9.17, 15) is 4.79 Å². The lowest BCUT2D eigenvalue weighted by Gasteiger charge is -2.24. The first-order valence-electron chi connectivity index (χ1n) is 7.32.